The van der Waals surface area contributed by atoms with E-state index in [9.17, 15) is 14.7 Å². The number of nitrogens with zero attached hydrogens (tertiary/aromatic N) is 1. The lowest BCUT2D eigenvalue weighted by Gasteiger charge is -2.43. The molecule has 3 aromatic carbocycles. The average Bonchev–Trinajstić information content (AvgIpc) is 3.55. The highest BCUT2D eigenvalue weighted by molar-refractivity contribution is 5.76. The van der Waals surface area contributed by atoms with E-state index in [1.807, 2.05) is 87.5 Å². The number of alkyl carbamates (subject to hydrolysis) is 1. The van der Waals surface area contributed by atoms with Gasteiger partial charge in [0.05, 0.1) is 18.8 Å². The van der Waals surface area contributed by atoms with E-state index in [0.29, 0.717) is 13.1 Å². The Morgan fingerprint density at radius 3 is 2.44 bits per heavy atom. The summed E-state index contributed by atoms with van der Waals surface area (Å²) in [6.45, 7) is 13.2. The van der Waals surface area contributed by atoms with Gasteiger partial charge in [-0.1, -0.05) is 80.2 Å². The number of rotatable bonds is 11. The molecule has 0 radical (unpaired) electrons. The first-order chi connectivity index (χ1) is 23.0. The number of hydrogen-bond acceptors (Lipinski definition) is 8. The normalized spacial score (nSPS) is 23.0. The summed E-state index contributed by atoms with van der Waals surface area (Å²) in [4.78, 5) is 27.3. The number of aliphatic hydroxyl groups is 1. The minimum atomic E-state index is -0.652. The fourth-order valence-electron chi connectivity index (χ4n) is 6.33. The predicted molar refractivity (Wildman–Crippen MR) is 184 cm³/mol. The molecule has 48 heavy (non-hydrogen) atoms. The molecule has 0 unspecified atom stereocenters. The molecule has 5 rings (SSSR count). The smallest absolute Gasteiger partial charge is 0.407 e. The van der Waals surface area contributed by atoms with Gasteiger partial charge in [0.1, 0.15) is 18.2 Å². The molecule has 3 aromatic rings. The Morgan fingerprint density at radius 1 is 1.00 bits per heavy atom. The minimum absolute atomic E-state index is 0.0216. The van der Waals surface area contributed by atoms with Gasteiger partial charge in [0.15, 0.2) is 6.29 Å². The number of nitrogens with one attached hydrogen (secondary N) is 1. The SMILES string of the molecule is C=CCOC(=O)NCc1cccc(-c2cccc([C@H]3O[C@@H](CN4CCC[C@H]4C(=O)OC(C)(C)C)[C@@H](C)[C@@H](c4ccc(CO)cc4)O3)c2)c1. The zero-order chi connectivity index (χ0) is 34.3. The molecular formula is C39H48N2O7. The van der Waals surface area contributed by atoms with Crippen LogP contribution in [0.25, 0.3) is 11.1 Å². The number of amides is 1. The van der Waals surface area contributed by atoms with Crippen molar-refractivity contribution in [3.8, 4) is 11.1 Å². The third kappa shape index (κ3) is 9.11. The number of esters is 1. The van der Waals surface area contributed by atoms with E-state index >= 15 is 0 Å². The van der Waals surface area contributed by atoms with Crippen LogP contribution < -0.4 is 5.32 Å². The van der Waals surface area contributed by atoms with E-state index in [-0.39, 0.29) is 43.4 Å². The molecule has 0 saturated carbocycles. The zero-order valence-electron chi connectivity index (χ0n) is 28.4. The first-order valence-corrected chi connectivity index (χ1v) is 16.7. The van der Waals surface area contributed by atoms with Crippen LogP contribution >= 0.6 is 0 Å². The summed E-state index contributed by atoms with van der Waals surface area (Å²) in [5.74, 6) is -0.210. The summed E-state index contributed by atoms with van der Waals surface area (Å²) < 4.78 is 24.3. The van der Waals surface area contributed by atoms with Crippen LogP contribution in [0, 0.1) is 5.92 Å². The van der Waals surface area contributed by atoms with Gasteiger partial charge in [-0.25, -0.2) is 4.79 Å². The lowest BCUT2D eigenvalue weighted by Crippen LogP contribution is -2.48. The molecule has 0 spiro atoms. The Balaban J connectivity index is 1.38. The molecule has 0 bridgehead atoms. The Morgan fingerprint density at radius 2 is 1.73 bits per heavy atom. The number of aliphatic hydroxyl groups excluding tert-OH is 1. The van der Waals surface area contributed by atoms with Crippen molar-refractivity contribution in [2.45, 2.75) is 83.8 Å². The Kier molecular flexibility index (Phi) is 11.7. The molecule has 1 amide bonds. The van der Waals surface area contributed by atoms with Crippen molar-refractivity contribution in [1.29, 1.82) is 0 Å². The molecule has 2 fully saturated rings. The fraction of sp³-hybridized carbons (Fsp3) is 0.436. The highest BCUT2D eigenvalue weighted by Gasteiger charge is 2.42. The summed E-state index contributed by atoms with van der Waals surface area (Å²) in [5, 5.41) is 12.4. The number of hydrogen-bond donors (Lipinski definition) is 2. The largest absolute Gasteiger partial charge is 0.459 e. The van der Waals surface area contributed by atoms with Crippen molar-refractivity contribution >= 4 is 12.1 Å². The number of ether oxygens (including phenoxy) is 4. The van der Waals surface area contributed by atoms with Crippen LogP contribution in [-0.2, 0) is 36.9 Å². The number of likely N-dealkylation sites (tertiary alicyclic amines) is 1. The lowest BCUT2D eigenvalue weighted by atomic mass is 9.89. The quantitative estimate of drug-likeness (QED) is 0.170. The lowest BCUT2D eigenvalue weighted by molar-refractivity contribution is -0.276. The number of benzene rings is 3. The molecule has 5 atom stereocenters. The Hall–Kier alpha value is -4.02. The predicted octanol–water partition coefficient (Wildman–Crippen LogP) is 6.86. The van der Waals surface area contributed by atoms with Crippen molar-refractivity contribution in [3.05, 3.63) is 108 Å². The second-order valence-corrected chi connectivity index (χ2v) is 13.6. The molecule has 2 aliphatic heterocycles. The third-order valence-electron chi connectivity index (χ3n) is 8.77. The molecule has 0 aliphatic carbocycles. The van der Waals surface area contributed by atoms with Gasteiger partial charge in [-0.2, -0.15) is 0 Å². The van der Waals surface area contributed by atoms with Gasteiger partial charge in [-0.15, -0.1) is 0 Å². The molecule has 9 heteroatoms. The maximum absolute atomic E-state index is 13.2. The van der Waals surface area contributed by atoms with Crippen molar-refractivity contribution in [3.63, 3.8) is 0 Å². The van der Waals surface area contributed by atoms with Crippen molar-refractivity contribution in [2.24, 2.45) is 5.92 Å². The second kappa shape index (κ2) is 15.9. The summed E-state index contributed by atoms with van der Waals surface area (Å²) in [7, 11) is 0. The van der Waals surface area contributed by atoms with Crippen molar-refractivity contribution in [1.82, 2.24) is 10.2 Å². The van der Waals surface area contributed by atoms with Crippen LogP contribution in [0.3, 0.4) is 0 Å². The first-order valence-electron chi connectivity index (χ1n) is 16.7. The molecule has 2 N–H and O–H groups in total. The van der Waals surface area contributed by atoms with Gasteiger partial charge in [0.25, 0.3) is 0 Å². The van der Waals surface area contributed by atoms with Crippen LogP contribution in [0.4, 0.5) is 4.79 Å². The molecule has 2 saturated heterocycles. The molecule has 9 nitrogen and oxygen atoms in total. The average molecular weight is 657 g/mol. The Labute approximate surface area is 283 Å². The zero-order valence-corrected chi connectivity index (χ0v) is 28.4. The first kappa shape index (κ1) is 35.3. The van der Waals surface area contributed by atoms with Gasteiger partial charge in [0.2, 0.25) is 0 Å². The van der Waals surface area contributed by atoms with E-state index in [2.05, 4.69) is 29.8 Å². The van der Waals surface area contributed by atoms with Crippen LogP contribution in [0.2, 0.25) is 0 Å². The van der Waals surface area contributed by atoms with Crippen LogP contribution in [0.15, 0.2) is 85.5 Å². The van der Waals surface area contributed by atoms with Gasteiger partial charge in [0, 0.05) is 24.6 Å². The van der Waals surface area contributed by atoms with E-state index in [1.165, 1.54) is 6.08 Å². The maximum Gasteiger partial charge on any atom is 0.407 e. The topological polar surface area (TPSA) is 107 Å². The summed E-state index contributed by atoms with van der Waals surface area (Å²) in [6, 6.07) is 23.7. The fourth-order valence-corrected chi connectivity index (χ4v) is 6.33. The molecule has 2 aliphatic rings. The summed E-state index contributed by atoms with van der Waals surface area (Å²) in [5.41, 5.74) is 5.08. The summed E-state index contributed by atoms with van der Waals surface area (Å²) >= 11 is 0. The van der Waals surface area contributed by atoms with E-state index in [0.717, 1.165) is 52.8 Å². The molecule has 0 aromatic heterocycles. The molecule has 256 valence electrons. The number of carbonyl (C=O) groups excluding carboxylic acids is 2. The van der Waals surface area contributed by atoms with Crippen LogP contribution in [-0.4, -0.2) is 59.5 Å². The van der Waals surface area contributed by atoms with Gasteiger partial charge >= 0.3 is 12.1 Å². The van der Waals surface area contributed by atoms with Crippen molar-refractivity contribution < 1.29 is 33.6 Å². The third-order valence-corrected chi connectivity index (χ3v) is 8.77. The highest BCUT2D eigenvalue weighted by Crippen LogP contribution is 2.43. The van der Waals surface area contributed by atoms with E-state index < -0.39 is 18.0 Å². The molecular weight excluding hydrogens is 608 g/mol. The Bertz CT molecular complexity index is 1550. The minimum Gasteiger partial charge on any atom is -0.459 e. The van der Waals surface area contributed by atoms with Crippen LogP contribution in [0.5, 0.6) is 0 Å². The van der Waals surface area contributed by atoms with Gasteiger partial charge in [-0.3, -0.25) is 9.69 Å². The second-order valence-electron chi connectivity index (χ2n) is 13.6. The van der Waals surface area contributed by atoms with E-state index in [1.54, 1.807) is 0 Å². The summed E-state index contributed by atoms with van der Waals surface area (Å²) in [6.07, 6.45) is 1.55. The monoisotopic (exact) mass is 656 g/mol. The van der Waals surface area contributed by atoms with Crippen molar-refractivity contribution in [2.75, 3.05) is 19.7 Å². The van der Waals surface area contributed by atoms with Crippen LogP contribution in [0.1, 0.15) is 75.2 Å². The maximum atomic E-state index is 13.2. The molecule has 2 heterocycles. The van der Waals surface area contributed by atoms with Gasteiger partial charge < -0.3 is 29.4 Å². The number of carbonyl (C=O) groups is 2. The highest BCUT2D eigenvalue weighted by atomic mass is 16.7. The van der Waals surface area contributed by atoms with E-state index in [4.69, 9.17) is 18.9 Å². The standard InChI is InChI=1S/C39H48N2O7/c1-6-20-45-38(44)40-23-28-10-7-11-30(21-28)31-12-8-13-32(22-31)37-46-34(24-41-19-9-14-33(41)36(43)48-39(3,4)5)26(2)35(47-37)29-17-15-27(25-42)16-18-29/h6-8,10-13,15-18,21-22,26,33-35,37,42H,1,9,14,19-20,23-25H2,2-5H3,(H,40,44)/t26-,33+,34+,35+,37+/m1/s1. The van der Waals surface area contributed by atoms with Gasteiger partial charge in [-0.05, 0) is 80.1 Å².